The van der Waals surface area contributed by atoms with Gasteiger partial charge >= 0.3 is 4.45 Å². The molecule has 0 aromatic carbocycles. The Labute approximate surface area is 78.3 Å². The lowest BCUT2D eigenvalue weighted by Crippen LogP contribution is -2.48. The topological polar surface area (TPSA) is 61.6 Å². The molecule has 0 atom stereocenters. The maximum absolute atomic E-state index is 10.5. The van der Waals surface area contributed by atoms with E-state index in [2.05, 4.69) is 15.9 Å². The maximum atomic E-state index is 10.5. The van der Waals surface area contributed by atoms with Gasteiger partial charge in [0, 0.05) is 20.9 Å². The predicted octanol–water partition coefficient (Wildman–Crippen LogP) is 1.14. The van der Waals surface area contributed by atoms with E-state index in [-0.39, 0.29) is 19.5 Å². The fourth-order valence-corrected chi connectivity index (χ4v) is 1.14. The Morgan fingerprint density at radius 2 is 2.17 bits per heavy atom. The van der Waals surface area contributed by atoms with Crippen molar-refractivity contribution in [3.8, 4) is 0 Å². The molecule has 0 radical (unpaired) electrons. The summed E-state index contributed by atoms with van der Waals surface area (Å²) in [4.78, 5) is 10.0. The van der Waals surface area contributed by atoms with E-state index >= 15 is 0 Å². The van der Waals surface area contributed by atoms with Gasteiger partial charge in [0.05, 0.1) is 0 Å². The average molecular weight is 240 g/mol. The molecule has 0 aromatic heterocycles. The first-order valence-electron chi connectivity index (χ1n) is 3.65. The lowest BCUT2D eigenvalue weighted by molar-refractivity contribution is -0.556. The highest BCUT2D eigenvalue weighted by atomic mass is 79.9. The summed E-state index contributed by atoms with van der Waals surface area (Å²) >= 11 is 2.97. The summed E-state index contributed by atoms with van der Waals surface area (Å²) in [5, 5.41) is 10.5. The smallest absolute Gasteiger partial charge is 0.320 e. The number of hydrogen-bond acceptors (Lipinski definition) is 4. The summed E-state index contributed by atoms with van der Waals surface area (Å²) in [6.07, 6.45) is 0.413. The normalized spacial score (nSPS) is 36.3. The van der Waals surface area contributed by atoms with E-state index in [0.29, 0.717) is 6.42 Å². The standard InChI is InChI=1S/C6H10BrNO4/c1-2-5-11-3-6(7,4-12-5)8(9)10/h5H,2-4H2,1H3. The molecule has 1 saturated heterocycles. The highest BCUT2D eigenvalue weighted by Crippen LogP contribution is 2.26. The van der Waals surface area contributed by atoms with Crippen molar-refractivity contribution >= 4 is 15.9 Å². The van der Waals surface area contributed by atoms with E-state index in [4.69, 9.17) is 9.47 Å². The van der Waals surface area contributed by atoms with E-state index < -0.39 is 9.37 Å². The van der Waals surface area contributed by atoms with Crippen molar-refractivity contribution in [3.63, 3.8) is 0 Å². The molecule has 0 aromatic rings. The molecule has 0 amide bonds. The minimum Gasteiger partial charge on any atom is -0.344 e. The predicted molar refractivity (Wildman–Crippen MR) is 44.6 cm³/mol. The summed E-state index contributed by atoms with van der Waals surface area (Å²) in [5.41, 5.74) is 0. The van der Waals surface area contributed by atoms with Crippen LogP contribution in [-0.4, -0.2) is 28.9 Å². The molecule has 0 unspecified atom stereocenters. The van der Waals surface area contributed by atoms with Gasteiger partial charge in [-0.05, 0) is 6.42 Å². The third kappa shape index (κ3) is 1.94. The Hall–Kier alpha value is -0.200. The van der Waals surface area contributed by atoms with Crippen LogP contribution in [0.2, 0.25) is 0 Å². The van der Waals surface area contributed by atoms with E-state index in [0.717, 1.165) is 0 Å². The van der Waals surface area contributed by atoms with Crippen LogP contribution in [0.4, 0.5) is 0 Å². The van der Waals surface area contributed by atoms with Gasteiger partial charge in [-0.25, -0.2) is 0 Å². The minimum absolute atomic E-state index is 0.0541. The molecule has 5 nitrogen and oxygen atoms in total. The van der Waals surface area contributed by atoms with E-state index in [1.807, 2.05) is 6.92 Å². The van der Waals surface area contributed by atoms with Crippen LogP contribution in [0.15, 0.2) is 0 Å². The molecule has 1 fully saturated rings. The van der Waals surface area contributed by atoms with Crippen LogP contribution in [0, 0.1) is 10.1 Å². The fraction of sp³-hybridized carbons (Fsp3) is 1.00. The molecule has 1 aliphatic rings. The van der Waals surface area contributed by atoms with Gasteiger partial charge in [0.15, 0.2) is 6.29 Å². The second kappa shape index (κ2) is 3.68. The van der Waals surface area contributed by atoms with Crippen molar-refractivity contribution < 1.29 is 14.4 Å². The number of alkyl halides is 1. The fourth-order valence-electron chi connectivity index (χ4n) is 0.872. The molecular weight excluding hydrogens is 230 g/mol. The SMILES string of the molecule is CCC1OCC(Br)([N+](=O)[O-])CO1. The highest BCUT2D eigenvalue weighted by Gasteiger charge is 2.45. The van der Waals surface area contributed by atoms with Crippen LogP contribution >= 0.6 is 15.9 Å². The Balaban J connectivity index is 2.49. The van der Waals surface area contributed by atoms with Crippen LogP contribution in [0.5, 0.6) is 0 Å². The van der Waals surface area contributed by atoms with Crippen LogP contribution in [0.1, 0.15) is 13.3 Å². The lowest BCUT2D eigenvalue weighted by Gasteiger charge is -2.29. The molecule has 70 valence electrons. The quantitative estimate of drug-likeness (QED) is 0.314. The molecular formula is C6H10BrNO4. The molecule has 0 N–H and O–H groups in total. The summed E-state index contributed by atoms with van der Waals surface area (Å²) in [6, 6.07) is 0. The molecule has 6 heteroatoms. The zero-order chi connectivity index (χ0) is 9.19. The van der Waals surface area contributed by atoms with Gasteiger partial charge < -0.3 is 9.47 Å². The first kappa shape index (κ1) is 9.88. The monoisotopic (exact) mass is 239 g/mol. The van der Waals surface area contributed by atoms with Crippen molar-refractivity contribution in [1.29, 1.82) is 0 Å². The summed E-state index contributed by atoms with van der Waals surface area (Å²) in [7, 11) is 0. The lowest BCUT2D eigenvalue weighted by atomic mass is 10.3. The number of nitro groups is 1. The van der Waals surface area contributed by atoms with Gasteiger partial charge in [0.1, 0.15) is 13.2 Å². The van der Waals surface area contributed by atoms with Crippen LogP contribution in [0.25, 0.3) is 0 Å². The van der Waals surface area contributed by atoms with E-state index in [1.54, 1.807) is 0 Å². The molecule has 1 rings (SSSR count). The number of nitrogens with zero attached hydrogens (tertiary/aromatic N) is 1. The first-order chi connectivity index (χ1) is 5.58. The minimum atomic E-state index is -1.25. The van der Waals surface area contributed by atoms with Crippen LogP contribution in [-0.2, 0) is 9.47 Å². The van der Waals surface area contributed by atoms with Gasteiger partial charge in [-0.2, -0.15) is 0 Å². The summed E-state index contributed by atoms with van der Waals surface area (Å²) in [5.74, 6) is 0. The third-order valence-corrected chi connectivity index (χ3v) is 2.39. The highest BCUT2D eigenvalue weighted by molar-refractivity contribution is 9.10. The van der Waals surface area contributed by atoms with Gasteiger partial charge in [0.2, 0.25) is 0 Å². The first-order valence-corrected chi connectivity index (χ1v) is 4.44. The van der Waals surface area contributed by atoms with Crippen molar-refractivity contribution in [1.82, 2.24) is 0 Å². The van der Waals surface area contributed by atoms with E-state index in [9.17, 15) is 10.1 Å². The summed E-state index contributed by atoms with van der Waals surface area (Å²) < 4.78 is 8.94. The number of ether oxygens (including phenoxy) is 2. The average Bonchev–Trinajstić information content (AvgIpc) is 2.06. The van der Waals surface area contributed by atoms with Crippen molar-refractivity contribution in [2.45, 2.75) is 24.1 Å². The molecule has 12 heavy (non-hydrogen) atoms. The molecule has 0 saturated carbocycles. The van der Waals surface area contributed by atoms with Crippen LogP contribution < -0.4 is 0 Å². The molecule has 0 aliphatic carbocycles. The zero-order valence-corrected chi connectivity index (χ0v) is 8.24. The number of halogens is 1. The van der Waals surface area contributed by atoms with Gasteiger partial charge in [-0.1, -0.05) is 6.92 Å². The third-order valence-electron chi connectivity index (χ3n) is 1.64. The van der Waals surface area contributed by atoms with E-state index in [1.165, 1.54) is 0 Å². The molecule has 0 bridgehead atoms. The maximum Gasteiger partial charge on any atom is 0.320 e. The Morgan fingerprint density at radius 3 is 2.50 bits per heavy atom. The largest absolute Gasteiger partial charge is 0.344 e. The van der Waals surface area contributed by atoms with Gasteiger partial charge in [-0.3, -0.25) is 10.1 Å². The van der Waals surface area contributed by atoms with Crippen molar-refractivity contribution in [2.24, 2.45) is 0 Å². The van der Waals surface area contributed by atoms with Gasteiger partial charge in [0.25, 0.3) is 0 Å². The Morgan fingerprint density at radius 1 is 1.67 bits per heavy atom. The van der Waals surface area contributed by atoms with Crippen molar-refractivity contribution in [3.05, 3.63) is 10.1 Å². The molecule has 1 aliphatic heterocycles. The summed E-state index contributed by atoms with van der Waals surface area (Å²) in [6.45, 7) is 2.01. The Kier molecular flexibility index (Phi) is 3.03. The molecule has 1 heterocycles. The zero-order valence-electron chi connectivity index (χ0n) is 6.66. The number of rotatable bonds is 2. The Bertz CT molecular complexity index is 178. The van der Waals surface area contributed by atoms with Gasteiger partial charge in [-0.15, -0.1) is 0 Å². The number of hydrogen-bond donors (Lipinski definition) is 0. The molecule has 0 spiro atoms. The van der Waals surface area contributed by atoms with Crippen molar-refractivity contribution in [2.75, 3.05) is 13.2 Å². The second-order valence-electron chi connectivity index (χ2n) is 2.63. The van der Waals surface area contributed by atoms with Crippen LogP contribution in [0.3, 0.4) is 0 Å². The second-order valence-corrected chi connectivity index (χ2v) is 4.11.